The smallest absolute Gasteiger partial charge is 0.422 e. The quantitative estimate of drug-likeness (QED) is 0.626. The summed E-state index contributed by atoms with van der Waals surface area (Å²) in [5.74, 6) is 0.185. The number of ether oxygens (including phenoxy) is 1. The Kier molecular flexibility index (Phi) is 5.56. The molecule has 0 bridgehead atoms. The molecular formula is C13H10Br2F3NOS. The van der Waals surface area contributed by atoms with Crippen LogP contribution in [0.1, 0.15) is 4.88 Å². The molecule has 21 heavy (non-hydrogen) atoms. The van der Waals surface area contributed by atoms with E-state index in [4.69, 9.17) is 4.74 Å². The van der Waals surface area contributed by atoms with Gasteiger partial charge in [-0.1, -0.05) is 12.1 Å². The van der Waals surface area contributed by atoms with Gasteiger partial charge in [0.2, 0.25) is 0 Å². The number of rotatable bonds is 5. The van der Waals surface area contributed by atoms with Crippen LogP contribution in [-0.4, -0.2) is 12.8 Å². The van der Waals surface area contributed by atoms with Crippen molar-refractivity contribution in [2.24, 2.45) is 0 Å². The highest BCUT2D eigenvalue weighted by atomic mass is 79.9. The first-order chi connectivity index (χ1) is 9.85. The second-order valence-corrected chi connectivity index (χ2v) is 7.40. The lowest BCUT2D eigenvalue weighted by molar-refractivity contribution is -0.153. The molecule has 0 aliphatic heterocycles. The number of para-hydroxylation sites is 2. The second-order valence-electron chi connectivity index (χ2n) is 4.09. The standard InChI is InChI=1S/C13H10Br2F3NOS/c14-9-5-8(21-12(9)15)6-19-10-3-1-2-4-11(10)20-7-13(16,17)18/h1-5,19H,6-7H2. The highest BCUT2D eigenvalue weighted by Gasteiger charge is 2.28. The van der Waals surface area contributed by atoms with Gasteiger partial charge >= 0.3 is 6.18 Å². The van der Waals surface area contributed by atoms with E-state index < -0.39 is 12.8 Å². The molecule has 114 valence electrons. The lowest BCUT2D eigenvalue weighted by atomic mass is 10.3. The Labute approximate surface area is 140 Å². The number of nitrogens with one attached hydrogen (secondary N) is 1. The summed E-state index contributed by atoms with van der Waals surface area (Å²) in [5.41, 5.74) is 0.530. The minimum Gasteiger partial charge on any atom is -0.482 e. The molecule has 0 unspecified atom stereocenters. The summed E-state index contributed by atoms with van der Waals surface area (Å²) in [6, 6.07) is 8.51. The minimum atomic E-state index is -4.35. The Morgan fingerprint density at radius 3 is 2.52 bits per heavy atom. The summed E-state index contributed by atoms with van der Waals surface area (Å²) in [7, 11) is 0. The summed E-state index contributed by atoms with van der Waals surface area (Å²) in [6.45, 7) is -0.803. The fraction of sp³-hybridized carbons (Fsp3) is 0.231. The highest BCUT2D eigenvalue weighted by molar-refractivity contribution is 9.13. The predicted octanol–water partition coefficient (Wildman–Crippen LogP) is 5.83. The molecule has 0 atom stereocenters. The zero-order valence-electron chi connectivity index (χ0n) is 10.5. The average Bonchev–Trinajstić information content (AvgIpc) is 2.73. The van der Waals surface area contributed by atoms with Gasteiger partial charge in [0.1, 0.15) is 5.75 Å². The molecule has 2 rings (SSSR count). The molecule has 0 aliphatic rings. The topological polar surface area (TPSA) is 21.3 Å². The first-order valence-electron chi connectivity index (χ1n) is 5.81. The SMILES string of the molecule is FC(F)(F)COc1ccccc1NCc1cc(Br)c(Br)s1. The minimum absolute atomic E-state index is 0.185. The van der Waals surface area contributed by atoms with Crippen LogP contribution in [0, 0.1) is 0 Å². The van der Waals surface area contributed by atoms with Gasteiger partial charge in [0.15, 0.2) is 6.61 Å². The maximum Gasteiger partial charge on any atom is 0.422 e. The number of hydrogen-bond acceptors (Lipinski definition) is 3. The van der Waals surface area contributed by atoms with Crippen molar-refractivity contribution in [3.63, 3.8) is 0 Å². The van der Waals surface area contributed by atoms with Crippen molar-refractivity contribution in [2.45, 2.75) is 12.7 Å². The Balaban J connectivity index is 2.02. The van der Waals surface area contributed by atoms with E-state index in [1.54, 1.807) is 29.5 Å². The number of thiophene rings is 1. The Hall–Kier alpha value is -0.730. The predicted molar refractivity (Wildman–Crippen MR) is 85.0 cm³/mol. The summed E-state index contributed by atoms with van der Waals surface area (Å²) in [6.07, 6.45) is -4.35. The van der Waals surface area contributed by atoms with Gasteiger partial charge in [-0.3, -0.25) is 0 Å². The molecule has 0 amide bonds. The maximum absolute atomic E-state index is 12.2. The largest absolute Gasteiger partial charge is 0.482 e. The number of benzene rings is 1. The van der Waals surface area contributed by atoms with E-state index in [1.165, 1.54) is 6.07 Å². The first-order valence-corrected chi connectivity index (χ1v) is 8.21. The summed E-state index contributed by atoms with van der Waals surface area (Å²) >= 11 is 8.33. The first kappa shape index (κ1) is 16.6. The van der Waals surface area contributed by atoms with Crippen molar-refractivity contribution in [3.05, 3.63) is 43.5 Å². The Bertz CT molecular complexity index is 596. The zero-order valence-corrected chi connectivity index (χ0v) is 14.5. The fourth-order valence-corrected chi connectivity index (χ4v) is 3.68. The van der Waals surface area contributed by atoms with Crippen molar-refractivity contribution in [3.8, 4) is 5.75 Å². The normalized spacial score (nSPS) is 11.5. The molecule has 1 aromatic carbocycles. The molecule has 0 aliphatic carbocycles. The average molecular weight is 445 g/mol. The van der Waals surface area contributed by atoms with E-state index in [1.807, 2.05) is 6.07 Å². The van der Waals surface area contributed by atoms with Gasteiger partial charge in [0.25, 0.3) is 0 Å². The van der Waals surface area contributed by atoms with Gasteiger partial charge in [-0.25, -0.2) is 0 Å². The molecular weight excluding hydrogens is 435 g/mol. The van der Waals surface area contributed by atoms with Crippen LogP contribution in [0.5, 0.6) is 5.75 Å². The van der Waals surface area contributed by atoms with Crippen LogP contribution in [0.4, 0.5) is 18.9 Å². The summed E-state index contributed by atoms with van der Waals surface area (Å²) < 4.78 is 43.4. The van der Waals surface area contributed by atoms with Crippen molar-refractivity contribution in [1.82, 2.24) is 0 Å². The molecule has 0 radical (unpaired) electrons. The van der Waals surface area contributed by atoms with Crippen molar-refractivity contribution in [2.75, 3.05) is 11.9 Å². The molecule has 1 heterocycles. The van der Waals surface area contributed by atoms with Crippen LogP contribution in [0.3, 0.4) is 0 Å². The van der Waals surface area contributed by atoms with E-state index in [2.05, 4.69) is 37.2 Å². The van der Waals surface area contributed by atoms with Crippen molar-refractivity contribution < 1.29 is 17.9 Å². The molecule has 0 spiro atoms. The maximum atomic E-state index is 12.2. The highest BCUT2D eigenvalue weighted by Crippen LogP contribution is 2.33. The van der Waals surface area contributed by atoms with Crippen LogP contribution in [0.2, 0.25) is 0 Å². The zero-order chi connectivity index (χ0) is 15.5. The second kappa shape index (κ2) is 7.02. The van der Waals surface area contributed by atoms with E-state index in [9.17, 15) is 13.2 Å². The van der Waals surface area contributed by atoms with Crippen LogP contribution in [0.25, 0.3) is 0 Å². The third-order valence-electron chi connectivity index (χ3n) is 2.43. The third-order valence-corrected chi connectivity index (χ3v) is 5.68. The van der Waals surface area contributed by atoms with Crippen LogP contribution in [0.15, 0.2) is 38.6 Å². The van der Waals surface area contributed by atoms with Gasteiger partial charge in [-0.05, 0) is 50.1 Å². The number of hydrogen-bond donors (Lipinski definition) is 1. The van der Waals surface area contributed by atoms with Gasteiger partial charge in [0, 0.05) is 15.9 Å². The van der Waals surface area contributed by atoms with E-state index in [0.717, 1.165) is 13.1 Å². The summed E-state index contributed by atoms with van der Waals surface area (Å²) in [5, 5.41) is 3.08. The van der Waals surface area contributed by atoms with Gasteiger partial charge < -0.3 is 10.1 Å². The van der Waals surface area contributed by atoms with Crippen molar-refractivity contribution >= 4 is 48.9 Å². The fourth-order valence-electron chi connectivity index (χ4n) is 1.56. The van der Waals surface area contributed by atoms with Gasteiger partial charge in [-0.15, -0.1) is 11.3 Å². The number of anilines is 1. The van der Waals surface area contributed by atoms with E-state index in [-0.39, 0.29) is 5.75 Å². The van der Waals surface area contributed by atoms with Crippen LogP contribution >= 0.6 is 43.2 Å². The van der Waals surface area contributed by atoms with Crippen LogP contribution < -0.4 is 10.1 Å². The van der Waals surface area contributed by atoms with E-state index >= 15 is 0 Å². The van der Waals surface area contributed by atoms with Crippen molar-refractivity contribution in [1.29, 1.82) is 0 Å². The van der Waals surface area contributed by atoms with E-state index in [0.29, 0.717) is 12.2 Å². The molecule has 0 saturated heterocycles. The molecule has 2 nitrogen and oxygen atoms in total. The number of alkyl halides is 3. The van der Waals surface area contributed by atoms with Gasteiger partial charge in [0.05, 0.1) is 9.47 Å². The molecule has 1 N–H and O–H groups in total. The Morgan fingerprint density at radius 2 is 1.90 bits per heavy atom. The molecule has 2 aromatic rings. The molecule has 8 heteroatoms. The lowest BCUT2D eigenvalue weighted by Crippen LogP contribution is -2.19. The number of halogens is 5. The van der Waals surface area contributed by atoms with Crippen LogP contribution in [-0.2, 0) is 6.54 Å². The molecule has 1 aromatic heterocycles. The van der Waals surface area contributed by atoms with Gasteiger partial charge in [-0.2, -0.15) is 13.2 Å². The monoisotopic (exact) mass is 443 g/mol. The summed E-state index contributed by atoms with van der Waals surface area (Å²) in [4.78, 5) is 1.04. The third kappa shape index (κ3) is 5.19. The Morgan fingerprint density at radius 1 is 1.19 bits per heavy atom. The lowest BCUT2D eigenvalue weighted by Gasteiger charge is -2.14. The molecule has 0 saturated carbocycles. The molecule has 0 fully saturated rings.